The van der Waals surface area contributed by atoms with Gasteiger partial charge in [0, 0.05) is 19.0 Å². The van der Waals surface area contributed by atoms with E-state index in [4.69, 9.17) is 10.5 Å². The van der Waals surface area contributed by atoms with Crippen LogP contribution in [0.1, 0.15) is 75.5 Å². The molecule has 2 fully saturated rings. The Morgan fingerprint density at radius 2 is 1.71 bits per heavy atom. The number of nitrogens with one attached hydrogen (secondary N) is 1. The van der Waals surface area contributed by atoms with Crippen LogP contribution in [0.3, 0.4) is 0 Å². The first kappa shape index (κ1) is 28.2. The molecular weight excluding hydrogens is 482 g/mol. The van der Waals surface area contributed by atoms with Crippen LogP contribution in [0.2, 0.25) is 0 Å². The number of piperidine rings is 1. The topological polar surface area (TPSA) is 125 Å². The molecule has 1 aliphatic heterocycles. The third-order valence-electron chi connectivity index (χ3n) is 8.40. The van der Waals surface area contributed by atoms with Crippen molar-refractivity contribution in [3.8, 4) is 5.75 Å². The van der Waals surface area contributed by atoms with E-state index in [0.29, 0.717) is 25.1 Å². The molecular formula is C30H41N3O5. The summed E-state index contributed by atoms with van der Waals surface area (Å²) < 4.78 is 5.30. The molecule has 0 aromatic heterocycles. The monoisotopic (exact) mass is 523 g/mol. The predicted octanol–water partition coefficient (Wildman–Crippen LogP) is 4.01. The number of rotatable bonds is 8. The van der Waals surface area contributed by atoms with Crippen LogP contribution in [-0.4, -0.2) is 52.8 Å². The van der Waals surface area contributed by atoms with Gasteiger partial charge in [0.15, 0.2) is 0 Å². The number of nitrogens with two attached hydrogens (primary N) is 1. The number of hydrogen-bond donors (Lipinski definition) is 4. The second kappa shape index (κ2) is 12.4. The summed E-state index contributed by atoms with van der Waals surface area (Å²) in [4.78, 5) is 26.9. The SMILES string of the molecule is CC(C(O)c1ccc(OC(=O)NC(=O)CC2(CN)CCCCC2)cc1)N1CCCC(O)(c2ccccc2)C1. The fraction of sp³-hybridized carbons (Fsp3) is 0.533. The van der Waals surface area contributed by atoms with Gasteiger partial charge < -0.3 is 20.7 Å². The summed E-state index contributed by atoms with van der Waals surface area (Å²) in [7, 11) is 0. The van der Waals surface area contributed by atoms with Crippen molar-refractivity contribution in [3.63, 3.8) is 0 Å². The zero-order chi connectivity index (χ0) is 27.2. The molecule has 2 aromatic rings. The van der Waals surface area contributed by atoms with Crippen LogP contribution in [0.4, 0.5) is 4.79 Å². The maximum absolute atomic E-state index is 12.5. The number of likely N-dealkylation sites (tertiary alicyclic amines) is 1. The largest absolute Gasteiger partial charge is 0.419 e. The number of benzene rings is 2. The highest BCUT2D eigenvalue weighted by molar-refractivity contribution is 5.92. The third-order valence-corrected chi connectivity index (χ3v) is 8.40. The fourth-order valence-corrected chi connectivity index (χ4v) is 6.00. The zero-order valence-electron chi connectivity index (χ0n) is 22.3. The molecule has 1 aliphatic carbocycles. The summed E-state index contributed by atoms with van der Waals surface area (Å²) in [6, 6.07) is 16.1. The number of nitrogens with zero attached hydrogens (tertiary/aromatic N) is 1. The van der Waals surface area contributed by atoms with Gasteiger partial charge in [0.05, 0.1) is 6.10 Å². The minimum Gasteiger partial charge on any atom is -0.410 e. The molecule has 4 rings (SSSR count). The first-order valence-corrected chi connectivity index (χ1v) is 13.8. The van der Waals surface area contributed by atoms with Crippen molar-refractivity contribution in [3.05, 3.63) is 65.7 Å². The Morgan fingerprint density at radius 1 is 1.03 bits per heavy atom. The molecule has 2 aliphatic rings. The summed E-state index contributed by atoms with van der Waals surface area (Å²) >= 11 is 0. The van der Waals surface area contributed by atoms with Crippen molar-refractivity contribution in [2.45, 2.75) is 76.0 Å². The van der Waals surface area contributed by atoms with E-state index in [1.807, 2.05) is 37.3 Å². The molecule has 8 heteroatoms. The molecule has 0 radical (unpaired) electrons. The number of carbonyl (C=O) groups excluding carboxylic acids is 2. The van der Waals surface area contributed by atoms with E-state index < -0.39 is 17.8 Å². The second-order valence-corrected chi connectivity index (χ2v) is 11.1. The number of hydrogen-bond acceptors (Lipinski definition) is 7. The Labute approximate surface area is 225 Å². The molecule has 3 atom stereocenters. The van der Waals surface area contributed by atoms with Crippen molar-refractivity contribution in [1.82, 2.24) is 10.2 Å². The van der Waals surface area contributed by atoms with Gasteiger partial charge in [0.2, 0.25) is 5.91 Å². The van der Waals surface area contributed by atoms with Crippen molar-refractivity contribution in [2.24, 2.45) is 11.1 Å². The van der Waals surface area contributed by atoms with Crippen LogP contribution >= 0.6 is 0 Å². The Balaban J connectivity index is 1.30. The Kier molecular flexibility index (Phi) is 9.20. The van der Waals surface area contributed by atoms with E-state index in [9.17, 15) is 19.8 Å². The lowest BCUT2D eigenvalue weighted by atomic mass is 9.72. The van der Waals surface area contributed by atoms with Gasteiger partial charge in [-0.15, -0.1) is 0 Å². The van der Waals surface area contributed by atoms with Crippen molar-refractivity contribution >= 4 is 12.0 Å². The first-order valence-electron chi connectivity index (χ1n) is 13.8. The first-order chi connectivity index (χ1) is 18.2. The van der Waals surface area contributed by atoms with Crippen LogP contribution < -0.4 is 15.8 Å². The van der Waals surface area contributed by atoms with Crippen LogP contribution in [0.15, 0.2) is 54.6 Å². The lowest BCUT2D eigenvalue weighted by Crippen LogP contribution is -2.50. The summed E-state index contributed by atoms with van der Waals surface area (Å²) in [5, 5.41) is 24.7. The van der Waals surface area contributed by atoms with E-state index >= 15 is 0 Å². The van der Waals surface area contributed by atoms with Crippen molar-refractivity contribution < 1.29 is 24.5 Å². The average Bonchev–Trinajstić information content (AvgIpc) is 2.93. The quantitative estimate of drug-likeness (QED) is 0.412. The van der Waals surface area contributed by atoms with E-state index in [1.165, 1.54) is 0 Å². The number of ether oxygens (including phenoxy) is 1. The molecule has 5 N–H and O–H groups in total. The molecule has 38 heavy (non-hydrogen) atoms. The van der Waals surface area contributed by atoms with Gasteiger partial charge >= 0.3 is 6.09 Å². The van der Waals surface area contributed by atoms with Gasteiger partial charge in [-0.3, -0.25) is 15.0 Å². The Morgan fingerprint density at radius 3 is 2.37 bits per heavy atom. The van der Waals surface area contributed by atoms with Gasteiger partial charge in [-0.05, 0) is 74.4 Å². The molecule has 206 valence electrons. The highest BCUT2D eigenvalue weighted by atomic mass is 16.6. The summed E-state index contributed by atoms with van der Waals surface area (Å²) in [6.07, 6.45) is 5.17. The minimum absolute atomic E-state index is 0.220. The van der Waals surface area contributed by atoms with Crippen molar-refractivity contribution in [2.75, 3.05) is 19.6 Å². The standard InChI is InChI=1S/C30H41N3O5/c1-22(33-18-8-17-30(37,21-33)24-9-4-2-5-10-24)27(35)23-11-13-25(14-12-23)38-28(36)32-26(34)19-29(20-31)15-6-3-7-16-29/h2,4-5,9-14,22,27,35,37H,3,6-8,15-21,31H2,1H3,(H,32,34,36). The third kappa shape index (κ3) is 6.80. The number of carbonyl (C=O) groups is 2. The lowest BCUT2D eigenvalue weighted by Gasteiger charge is -2.43. The smallest absolute Gasteiger partial charge is 0.410 e. The molecule has 1 saturated heterocycles. The number of β-amino-alcohol motifs (C(OH)–C–C–N with tert-alkyl or cyclic N) is 1. The van der Waals surface area contributed by atoms with Gasteiger partial charge in [-0.2, -0.15) is 0 Å². The molecule has 0 bridgehead atoms. The maximum Gasteiger partial charge on any atom is 0.419 e. The zero-order valence-corrected chi connectivity index (χ0v) is 22.3. The number of amides is 2. The highest BCUT2D eigenvalue weighted by Gasteiger charge is 2.38. The van der Waals surface area contributed by atoms with Gasteiger partial charge in [0.25, 0.3) is 0 Å². The van der Waals surface area contributed by atoms with Crippen molar-refractivity contribution in [1.29, 1.82) is 0 Å². The van der Waals surface area contributed by atoms with Crippen LogP contribution in [0.5, 0.6) is 5.75 Å². The maximum atomic E-state index is 12.5. The Hall–Kier alpha value is -2.78. The summed E-state index contributed by atoms with van der Waals surface area (Å²) in [5.74, 6) is -0.0956. The molecule has 1 heterocycles. The van der Waals surface area contributed by atoms with Gasteiger partial charge in [-0.1, -0.05) is 61.7 Å². The number of imide groups is 1. The number of aliphatic hydroxyl groups excluding tert-OH is 1. The lowest BCUT2D eigenvalue weighted by molar-refractivity contribution is -0.123. The van der Waals surface area contributed by atoms with E-state index in [-0.39, 0.29) is 29.5 Å². The summed E-state index contributed by atoms with van der Waals surface area (Å²) in [6.45, 7) is 3.61. The summed E-state index contributed by atoms with van der Waals surface area (Å²) in [5.41, 5.74) is 6.34. The molecule has 8 nitrogen and oxygen atoms in total. The average molecular weight is 524 g/mol. The molecule has 1 saturated carbocycles. The second-order valence-electron chi connectivity index (χ2n) is 11.1. The van der Waals surface area contributed by atoms with E-state index in [0.717, 1.165) is 50.6 Å². The molecule has 3 unspecified atom stereocenters. The van der Waals surface area contributed by atoms with E-state index in [2.05, 4.69) is 10.2 Å². The molecule has 2 amide bonds. The van der Waals surface area contributed by atoms with E-state index in [1.54, 1.807) is 24.3 Å². The fourth-order valence-electron chi connectivity index (χ4n) is 6.00. The predicted molar refractivity (Wildman–Crippen MR) is 145 cm³/mol. The van der Waals surface area contributed by atoms with Gasteiger partial charge in [0.1, 0.15) is 11.4 Å². The molecule has 2 aromatic carbocycles. The normalized spacial score (nSPS) is 23.3. The van der Waals surface area contributed by atoms with Gasteiger partial charge in [-0.25, -0.2) is 4.79 Å². The van der Waals surface area contributed by atoms with Crippen LogP contribution in [0, 0.1) is 5.41 Å². The minimum atomic E-state index is -0.948. The Bertz CT molecular complexity index is 1070. The highest BCUT2D eigenvalue weighted by Crippen LogP contribution is 2.38. The van der Waals surface area contributed by atoms with Crippen LogP contribution in [-0.2, 0) is 10.4 Å². The molecule has 0 spiro atoms. The van der Waals surface area contributed by atoms with Crippen LogP contribution in [0.25, 0.3) is 0 Å². The number of aliphatic hydroxyl groups is 2.